The van der Waals surface area contributed by atoms with Gasteiger partial charge in [-0.1, -0.05) is 36.0 Å². The van der Waals surface area contributed by atoms with E-state index in [1.165, 1.54) is 21.2 Å². The number of fused-ring (bicyclic) bond motifs is 2. The number of nitrogens with zero attached hydrogens (tertiary/aromatic N) is 1. The van der Waals surface area contributed by atoms with E-state index in [1.807, 2.05) is 0 Å². The van der Waals surface area contributed by atoms with E-state index in [4.69, 9.17) is 5.73 Å². The molecule has 0 atom stereocenters. The van der Waals surface area contributed by atoms with Crippen molar-refractivity contribution in [3.63, 3.8) is 0 Å². The molecule has 3 heteroatoms. The average molecular weight is 228 g/mol. The second-order valence-corrected chi connectivity index (χ2v) is 4.73. The molecule has 2 N–H and O–H groups in total. The molecule has 1 aliphatic heterocycles. The Morgan fingerprint density at radius 2 is 1.38 bits per heavy atom. The van der Waals surface area contributed by atoms with Crippen molar-refractivity contribution in [1.82, 2.24) is 0 Å². The van der Waals surface area contributed by atoms with Gasteiger partial charge >= 0.3 is 0 Å². The summed E-state index contributed by atoms with van der Waals surface area (Å²) in [5.41, 5.74) is 8.25. The van der Waals surface area contributed by atoms with E-state index in [9.17, 15) is 0 Å². The molecule has 0 aliphatic carbocycles. The normalized spacial score (nSPS) is 13.2. The van der Waals surface area contributed by atoms with E-state index in [0.29, 0.717) is 6.67 Å². The topological polar surface area (TPSA) is 29.3 Å². The van der Waals surface area contributed by atoms with Crippen molar-refractivity contribution < 1.29 is 0 Å². The summed E-state index contributed by atoms with van der Waals surface area (Å²) in [6.45, 7) is 0.509. The Morgan fingerprint density at radius 3 is 1.88 bits per heavy atom. The van der Waals surface area contributed by atoms with Crippen LogP contribution in [0.4, 0.5) is 11.4 Å². The lowest BCUT2D eigenvalue weighted by atomic mass is 10.2. The number of nitrogens with two attached hydrogens (primary N) is 1. The van der Waals surface area contributed by atoms with E-state index < -0.39 is 0 Å². The molecule has 0 fully saturated rings. The van der Waals surface area contributed by atoms with Gasteiger partial charge in [-0.05, 0) is 24.3 Å². The molecule has 2 nitrogen and oxygen atoms in total. The molecule has 2 aromatic rings. The van der Waals surface area contributed by atoms with Crippen molar-refractivity contribution in [2.45, 2.75) is 9.79 Å². The van der Waals surface area contributed by atoms with Crippen molar-refractivity contribution >= 4 is 23.1 Å². The minimum absolute atomic E-state index is 0.509. The van der Waals surface area contributed by atoms with Crippen molar-refractivity contribution in [1.29, 1.82) is 0 Å². The summed E-state index contributed by atoms with van der Waals surface area (Å²) in [6.07, 6.45) is 0. The predicted octanol–water partition coefficient (Wildman–Crippen LogP) is 3.21. The van der Waals surface area contributed by atoms with E-state index in [0.717, 1.165) is 0 Å². The Hall–Kier alpha value is -1.45. The average Bonchev–Trinajstić information content (AvgIpc) is 2.36. The molecule has 0 saturated carbocycles. The summed E-state index contributed by atoms with van der Waals surface area (Å²) in [7, 11) is 0. The second kappa shape index (κ2) is 3.85. The van der Waals surface area contributed by atoms with Crippen LogP contribution in [0.5, 0.6) is 0 Å². The first-order valence-electron chi connectivity index (χ1n) is 5.23. The molecule has 0 radical (unpaired) electrons. The SMILES string of the molecule is NCN1c2ccccc2Sc2ccccc21. The predicted molar refractivity (Wildman–Crippen MR) is 68.2 cm³/mol. The summed E-state index contributed by atoms with van der Waals surface area (Å²) in [5.74, 6) is 0. The van der Waals surface area contributed by atoms with Crippen LogP contribution in [0.15, 0.2) is 58.3 Å². The molecule has 0 amide bonds. The second-order valence-electron chi connectivity index (χ2n) is 3.65. The Kier molecular flexibility index (Phi) is 2.35. The van der Waals surface area contributed by atoms with Crippen molar-refractivity contribution in [2.24, 2.45) is 5.73 Å². The lowest BCUT2D eigenvalue weighted by Gasteiger charge is -2.31. The maximum absolute atomic E-state index is 5.85. The zero-order valence-electron chi connectivity index (χ0n) is 8.76. The molecule has 80 valence electrons. The van der Waals surface area contributed by atoms with Crippen molar-refractivity contribution in [3.8, 4) is 0 Å². The molecular formula is C13H12N2S. The van der Waals surface area contributed by atoms with Crippen LogP contribution in [0.25, 0.3) is 0 Å². The Labute approximate surface area is 99.1 Å². The molecule has 3 rings (SSSR count). The Morgan fingerprint density at radius 1 is 0.875 bits per heavy atom. The number of hydrogen-bond donors (Lipinski definition) is 1. The number of anilines is 2. The molecule has 2 aromatic carbocycles. The minimum Gasteiger partial charge on any atom is -0.326 e. The molecule has 0 spiro atoms. The molecule has 16 heavy (non-hydrogen) atoms. The van der Waals surface area contributed by atoms with Gasteiger partial charge in [0.25, 0.3) is 0 Å². The third-order valence-electron chi connectivity index (χ3n) is 2.71. The Bertz CT molecular complexity index is 479. The van der Waals surface area contributed by atoms with Crippen LogP contribution in [0.3, 0.4) is 0 Å². The van der Waals surface area contributed by atoms with E-state index in [2.05, 4.69) is 53.4 Å². The van der Waals surface area contributed by atoms with Crippen LogP contribution < -0.4 is 10.6 Å². The molecular weight excluding hydrogens is 216 g/mol. The van der Waals surface area contributed by atoms with Gasteiger partial charge in [-0.15, -0.1) is 0 Å². The highest BCUT2D eigenvalue weighted by Crippen LogP contribution is 2.47. The molecule has 0 bridgehead atoms. The number of para-hydroxylation sites is 2. The van der Waals surface area contributed by atoms with Crippen LogP contribution in [0.2, 0.25) is 0 Å². The van der Waals surface area contributed by atoms with Gasteiger partial charge in [0.15, 0.2) is 0 Å². The monoisotopic (exact) mass is 228 g/mol. The first kappa shape index (κ1) is 9.75. The first-order chi connectivity index (χ1) is 7.90. The highest BCUT2D eigenvalue weighted by Gasteiger charge is 2.21. The maximum Gasteiger partial charge on any atom is 0.0707 e. The van der Waals surface area contributed by atoms with E-state index >= 15 is 0 Å². The Balaban J connectivity index is 2.19. The van der Waals surface area contributed by atoms with Crippen LogP contribution in [0, 0.1) is 0 Å². The first-order valence-corrected chi connectivity index (χ1v) is 6.05. The smallest absolute Gasteiger partial charge is 0.0707 e. The molecule has 0 saturated heterocycles. The fourth-order valence-corrected chi connectivity index (χ4v) is 3.07. The number of hydrogen-bond acceptors (Lipinski definition) is 3. The van der Waals surface area contributed by atoms with Gasteiger partial charge < -0.3 is 10.6 Å². The summed E-state index contributed by atoms with van der Waals surface area (Å²) in [6, 6.07) is 16.7. The van der Waals surface area contributed by atoms with Crippen molar-refractivity contribution in [2.75, 3.05) is 11.6 Å². The maximum atomic E-state index is 5.85. The summed E-state index contributed by atoms with van der Waals surface area (Å²) in [4.78, 5) is 4.69. The molecule has 1 aliphatic rings. The van der Waals surface area contributed by atoms with Gasteiger partial charge in [0.05, 0.1) is 18.0 Å². The van der Waals surface area contributed by atoms with Crippen molar-refractivity contribution in [3.05, 3.63) is 48.5 Å². The fraction of sp³-hybridized carbons (Fsp3) is 0.0769. The van der Waals surface area contributed by atoms with Gasteiger partial charge in [-0.3, -0.25) is 0 Å². The number of rotatable bonds is 1. The zero-order valence-corrected chi connectivity index (χ0v) is 9.58. The molecule has 0 aromatic heterocycles. The highest BCUT2D eigenvalue weighted by molar-refractivity contribution is 7.99. The van der Waals surface area contributed by atoms with E-state index in [1.54, 1.807) is 11.8 Å². The van der Waals surface area contributed by atoms with E-state index in [-0.39, 0.29) is 0 Å². The van der Waals surface area contributed by atoms with Gasteiger partial charge in [-0.25, -0.2) is 0 Å². The lowest BCUT2D eigenvalue weighted by molar-refractivity contribution is 0.947. The van der Waals surface area contributed by atoms with Gasteiger partial charge in [-0.2, -0.15) is 0 Å². The van der Waals surface area contributed by atoms with Crippen LogP contribution in [0.1, 0.15) is 0 Å². The summed E-state index contributed by atoms with van der Waals surface area (Å²) in [5, 5.41) is 0. The minimum atomic E-state index is 0.509. The highest BCUT2D eigenvalue weighted by atomic mass is 32.2. The molecule has 0 unspecified atom stereocenters. The molecule has 1 heterocycles. The number of benzene rings is 2. The summed E-state index contributed by atoms with van der Waals surface area (Å²) >= 11 is 1.80. The largest absolute Gasteiger partial charge is 0.326 e. The standard InChI is InChI=1S/C13H12N2S/c14-9-15-10-5-1-3-7-12(10)16-13-8-4-2-6-11(13)15/h1-8H,9,14H2. The van der Waals surface area contributed by atoms with Crippen LogP contribution in [-0.2, 0) is 0 Å². The quantitative estimate of drug-likeness (QED) is 0.812. The lowest BCUT2D eigenvalue weighted by Crippen LogP contribution is -2.27. The van der Waals surface area contributed by atoms with Gasteiger partial charge in [0, 0.05) is 9.79 Å². The summed E-state index contributed by atoms with van der Waals surface area (Å²) < 4.78 is 0. The third-order valence-corrected chi connectivity index (χ3v) is 3.84. The van der Waals surface area contributed by atoms with Crippen LogP contribution >= 0.6 is 11.8 Å². The van der Waals surface area contributed by atoms with Gasteiger partial charge in [0.1, 0.15) is 0 Å². The zero-order chi connectivity index (χ0) is 11.0. The fourth-order valence-electron chi connectivity index (χ4n) is 1.98. The van der Waals surface area contributed by atoms with Crippen LogP contribution in [-0.4, -0.2) is 6.67 Å². The third kappa shape index (κ3) is 1.40. The van der Waals surface area contributed by atoms with Gasteiger partial charge in [0.2, 0.25) is 0 Å².